The van der Waals surface area contributed by atoms with Gasteiger partial charge in [0.05, 0.1) is 0 Å². The van der Waals surface area contributed by atoms with Gasteiger partial charge in [-0.3, -0.25) is 19.3 Å². The monoisotopic (exact) mass is 266 g/mol. The van der Waals surface area contributed by atoms with Crippen LogP contribution in [0, 0.1) is 11.3 Å². The first-order valence-corrected chi connectivity index (χ1v) is 6.49. The van der Waals surface area contributed by atoms with E-state index in [2.05, 4.69) is 19.2 Å². The van der Waals surface area contributed by atoms with Gasteiger partial charge in [0.1, 0.15) is 0 Å². The summed E-state index contributed by atoms with van der Waals surface area (Å²) in [5.41, 5.74) is -0.0651. The third-order valence-corrected chi connectivity index (χ3v) is 3.11. The van der Waals surface area contributed by atoms with Crippen LogP contribution in [0.4, 0.5) is 0 Å². The second kappa shape index (κ2) is 5.99. The lowest BCUT2D eigenvalue weighted by molar-refractivity contribution is -0.137. The Bertz CT molecular complexity index is 395. The van der Waals surface area contributed by atoms with Crippen molar-refractivity contribution in [2.45, 2.75) is 34.1 Å². The van der Waals surface area contributed by atoms with Crippen LogP contribution in [0.5, 0.6) is 0 Å². The van der Waals surface area contributed by atoms with Gasteiger partial charge in [-0.2, -0.15) is 0 Å². The van der Waals surface area contributed by atoms with Crippen molar-refractivity contribution in [3.05, 3.63) is 12.2 Å². The van der Waals surface area contributed by atoms with Crippen LogP contribution >= 0.6 is 0 Å². The number of hydrogen-bond donors (Lipinski definition) is 1. The first-order valence-electron chi connectivity index (χ1n) is 6.49. The highest BCUT2D eigenvalue weighted by atomic mass is 16.2. The van der Waals surface area contributed by atoms with Gasteiger partial charge < -0.3 is 5.32 Å². The van der Waals surface area contributed by atoms with E-state index in [9.17, 15) is 14.4 Å². The lowest BCUT2D eigenvalue weighted by atomic mass is 9.83. The van der Waals surface area contributed by atoms with Gasteiger partial charge in [-0.25, -0.2) is 0 Å². The molecule has 1 rings (SSSR count). The number of amides is 3. The van der Waals surface area contributed by atoms with Crippen molar-refractivity contribution in [3.63, 3.8) is 0 Å². The molecule has 1 atom stereocenters. The topological polar surface area (TPSA) is 66.5 Å². The summed E-state index contributed by atoms with van der Waals surface area (Å²) in [5.74, 6) is -0.334. The molecule has 3 amide bonds. The van der Waals surface area contributed by atoms with Gasteiger partial charge in [0.2, 0.25) is 5.91 Å². The summed E-state index contributed by atoms with van der Waals surface area (Å²) < 4.78 is 0. The molecule has 19 heavy (non-hydrogen) atoms. The molecule has 0 radical (unpaired) electrons. The Kier molecular flexibility index (Phi) is 4.86. The number of imide groups is 1. The van der Waals surface area contributed by atoms with Crippen LogP contribution in [0.2, 0.25) is 0 Å². The minimum atomic E-state index is -0.239. The van der Waals surface area contributed by atoms with E-state index in [1.54, 1.807) is 0 Å². The van der Waals surface area contributed by atoms with Crippen molar-refractivity contribution in [1.29, 1.82) is 0 Å². The molecule has 106 valence electrons. The van der Waals surface area contributed by atoms with Crippen molar-refractivity contribution in [2.24, 2.45) is 11.3 Å². The Morgan fingerprint density at radius 2 is 1.84 bits per heavy atom. The van der Waals surface area contributed by atoms with Crippen molar-refractivity contribution in [1.82, 2.24) is 10.2 Å². The second-order valence-electron chi connectivity index (χ2n) is 6.00. The maximum atomic E-state index is 11.5. The largest absolute Gasteiger partial charge is 0.356 e. The zero-order valence-electron chi connectivity index (χ0n) is 12.0. The lowest BCUT2D eigenvalue weighted by Crippen LogP contribution is -2.38. The molecule has 0 aromatic heterocycles. The van der Waals surface area contributed by atoms with Crippen LogP contribution in [0.3, 0.4) is 0 Å². The Morgan fingerprint density at radius 1 is 1.32 bits per heavy atom. The number of carbonyl (C=O) groups excluding carboxylic acids is 3. The number of nitrogens with zero attached hydrogens (tertiary/aromatic N) is 1. The molecule has 0 saturated carbocycles. The fraction of sp³-hybridized carbons (Fsp3) is 0.643. The molecule has 0 fully saturated rings. The molecule has 5 heteroatoms. The molecule has 0 saturated heterocycles. The Morgan fingerprint density at radius 3 is 2.32 bits per heavy atom. The highest BCUT2D eigenvalue weighted by molar-refractivity contribution is 6.12. The van der Waals surface area contributed by atoms with Gasteiger partial charge >= 0.3 is 0 Å². The molecular formula is C14H22N2O3. The summed E-state index contributed by atoms with van der Waals surface area (Å²) in [4.78, 5) is 35.1. The number of rotatable bonds is 6. The Hall–Kier alpha value is -1.65. The fourth-order valence-electron chi connectivity index (χ4n) is 2.37. The van der Waals surface area contributed by atoms with Gasteiger partial charge in [-0.15, -0.1) is 0 Å². The van der Waals surface area contributed by atoms with E-state index in [1.807, 2.05) is 6.92 Å². The van der Waals surface area contributed by atoms with Crippen LogP contribution in [0.25, 0.3) is 0 Å². The number of nitrogens with one attached hydrogen (secondary N) is 1. The molecule has 0 aromatic rings. The average molecular weight is 266 g/mol. The van der Waals surface area contributed by atoms with Crippen LogP contribution in [-0.2, 0) is 14.4 Å². The van der Waals surface area contributed by atoms with Crippen LogP contribution < -0.4 is 5.32 Å². The highest BCUT2D eigenvalue weighted by Gasteiger charge is 2.28. The Labute approximate surface area is 114 Å². The van der Waals surface area contributed by atoms with E-state index >= 15 is 0 Å². The molecule has 1 N–H and O–H groups in total. The maximum absolute atomic E-state index is 11.5. The average Bonchev–Trinajstić information content (AvgIpc) is 2.57. The predicted octanol–water partition coefficient (Wildman–Crippen LogP) is 1.10. The second-order valence-corrected chi connectivity index (χ2v) is 6.00. The summed E-state index contributed by atoms with van der Waals surface area (Å²) in [5, 5.41) is 2.80. The molecular weight excluding hydrogens is 244 g/mol. The molecule has 1 aliphatic heterocycles. The number of carbonyl (C=O) groups is 3. The first kappa shape index (κ1) is 15.4. The fourth-order valence-corrected chi connectivity index (χ4v) is 2.37. The van der Waals surface area contributed by atoms with E-state index in [0.717, 1.165) is 6.42 Å². The van der Waals surface area contributed by atoms with Gasteiger partial charge in [0.15, 0.2) is 0 Å². The summed E-state index contributed by atoms with van der Waals surface area (Å²) >= 11 is 0. The molecule has 1 unspecified atom stereocenters. The minimum absolute atomic E-state index is 0.0465. The molecule has 0 aliphatic carbocycles. The predicted molar refractivity (Wildman–Crippen MR) is 72.1 cm³/mol. The van der Waals surface area contributed by atoms with Crippen molar-refractivity contribution >= 4 is 17.7 Å². The van der Waals surface area contributed by atoms with Crippen molar-refractivity contribution in [2.75, 3.05) is 13.1 Å². The Balaban J connectivity index is 2.46. The SMILES string of the molecule is CC(=O)NCC(C)(C)CC(C)CN1C(=O)C=CC1=O. The van der Waals surface area contributed by atoms with E-state index in [1.165, 1.54) is 24.0 Å². The van der Waals surface area contributed by atoms with Gasteiger partial charge in [-0.05, 0) is 17.8 Å². The summed E-state index contributed by atoms with van der Waals surface area (Å²) in [6.07, 6.45) is 3.43. The van der Waals surface area contributed by atoms with Crippen molar-refractivity contribution < 1.29 is 14.4 Å². The van der Waals surface area contributed by atoms with E-state index in [0.29, 0.717) is 13.1 Å². The maximum Gasteiger partial charge on any atom is 0.253 e. The summed E-state index contributed by atoms with van der Waals surface area (Å²) in [7, 11) is 0. The van der Waals surface area contributed by atoms with Crippen LogP contribution in [-0.4, -0.2) is 35.7 Å². The first-order chi connectivity index (χ1) is 8.71. The molecule has 0 aromatic carbocycles. The molecule has 1 heterocycles. The molecule has 0 spiro atoms. The van der Waals surface area contributed by atoms with E-state index < -0.39 is 0 Å². The highest BCUT2D eigenvalue weighted by Crippen LogP contribution is 2.25. The molecule has 5 nitrogen and oxygen atoms in total. The summed E-state index contributed by atoms with van der Waals surface area (Å²) in [6.45, 7) is 8.64. The van der Waals surface area contributed by atoms with Gasteiger partial charge in [-0.1, -0.05) is 20.8 Å². The van der Waals surface area contributed by atoms with Gasteiger partial charge in [0.25, 0.3) is 11.8 Å². The van der Waals surface area contributed by atoms with E-state index in [-0.39, 0.29) is 29.1 Å². The quantitative estimate of drug-likeness (QED) is 0.732. The number of hydrogen-bond acceptors (Lipinski definition) is 3. The zero-order chi connectivity index (χ0) is 14.6. The lowest BCUT2D eigenvalue weighted by Gasteiger charge is -2.29. The zero-order valence-corrected chi connectivity index (χ0v) is 12.0. The molecule has 1 aliphatic rings. The van der Waals surface area contributed by atoms with Crippen LogP contribution in [0.1, 0.15) is 34.1 Å². The van der Waals surface area contributed by atoms with Crippen LogP contribution in [0.15, 0.2) is 12.2 Å². The normalized spacial score (nSPS) is 16.9. The van der Waals surface area contributed by atoms with Crippen molar-refractivity contribution in [3.8, 4) is 0 Å². The third kappa shape index (κ3) is 4.85. The molecule has 0 bridgehead atoms. The van der Waals surface area contributed by atoms with E-state index in [4.69, 9.17) is 0 Å². The summed E-state index contributed by atoms with van der Waals surface area (Å²) in [6, 6.07) is 0. The standard InChI is InChI=1S/C14H22N2O3/c1-10(7-14(3,4)9-15-11(2)17)8-16-12(18)5-6-13(16)19/h5-6,10H,7-9H2,1-4H3,(H,15,17). The smallest absolute Gasteiger partial charge is 0.253 e. The van der Waals surface area contributed by atoms with Gasteiger partial charge in [0, 0.05) is 32.2 Å². The minimum Gasteiger partial charge on any atom is -0.356 e. The third-order valence-electron chi connectivity index (χ3n) is 3.11.